The molecule has 5 heteroatoms. The summed E-state index contributed by atoms with van der Waals surface area (Å²) in [5, 5.41) is 18.9. The van der Waals surface area contributed by atoms with E-state index in [1.807, 2.05) is 0 Å². The summed E-state index contributed by atoms with van der Waals surface area (Å²) in [7, 11) is 0. The number of hydrogen-bond acceptors (Lipinski definition) is 4. The highest BCUT2D eigenvalue weighted by molar-refractivity contribution is 5.79. The first-order valence-corrected chi connectivity index (χ1v) is 6.39. The number of carbonyl (C=O) groups is 1. The standard InChI is InChI=1S/C12H22N2O3/c1-7-2-3-8(4-9(7)13)12(17)14-5-10(15)11(16)6-14/h7-11,15-16H,2-6,13H2,1H3. The molecule has 5 nitrogen and oxygen atoms in total. The van der Waals surface area contributed by atoms with Crippen LogP contribution in [0.3, 0.4) is 0 Å². The lowest BCUT2D eigenvalue weighted by Crippen LogP contribution is -2.42. The Bertz CT molecular complexity index is 287. The quantitative estimate of drug-likeness (QED) is 0.568. The number of nitrogens with zero attached hydrogens (tertiary/aromatic N) is 1. The van der Waals surface area contributed by atoms with Crippen molar-refractivity contribution in [3.8, 4) is 0 Å². The molecule has 1 aliphatic carbocycles. The zero-order valence-corrected chi connectivity index (χ0v) is 10.2. The fraction of sp³-hybridized carbons (Fsp3) is 0.917. The van der Waals surface area contributed by atoms with Gasteiger partial charge in [0, 0.05) is 25.0 Å². The summed E-state index contributed by atoms with van der Waals surface area (Å²) >= 11 is 0. The molecule has 17 heavy (non-hydrogen) atoms. The average molecular weight is 242 g/mol. The van der Waals surface area contributed by atoms with E-state index in [0.717, 1.165) is 19.3 Å². The van der Waals surface area contributed by atoms with E-state index in [-0.39, 0.29) is 31.0 Å². The van der Waals surface area contributed by atoms with Crippen LogP contribution in [0.25, 0.3) is 0 Å². The Kier molecular flexibility index (Phi) is 3.70. The second-order valence-electron chi connectivity index (χ2n) is 5.53. The van der Waals surface area contributed by atoms with E-state index in [9.17, 15) is 15.0 Å². The number of amides is 1. The first-order chi connectivity index (χ1) is 7.99. The van der Waals surface area contributed by atoms with Gasteiger partial charge in [-0.15, -0.1) is 0 Å². The van der Waals surface area contributed by atoms with Gasteiger partial charge in [-0.2, -0.15) is 0 Å². The molecule has 2 fully saturated rings. The minimum atomic E-state index is -0.796. The predicted molar refractivity (Wildman–Crippen MR) is 63.1 cm³/mol. The van der Waals surface area contributed by atoms with Crippen LogP contribution in [0.4, 0.5) is 0 Å². The van der Waals surface area contributed by atoms with Crippen LogP contribution in [0.15, 0.2) is 0 Å². The summed E-state index contributed by atoms with van der Waals surface area (Å²) in [6.45, 7) is 2.62. The Morgan fingerprint density at radius 1 is 1.24 bits per heavy atom. The highest BCUT2D eigenvalue weighted by atomic mass is 16.3. The van der Waals surface area contributed by atoms with Crippen molar-refractivity contribution in [3.63, 3.8) is 0 Å². The third kappa shape index (κ3) is 2.61. The highest BCUT2D eigenvalue weighted by Gasteiger charge is 2.37. The fourth-order valence-corrected chi connectivity index (χ4v) is 2.79. The monoisotopic (exact) mass is 242 g/mol. The SMILES string of the molecule is CC1CCC(C(=O)N2CC(O)C(O)C2)CC1N. The number of nitrogens with two attached hydrogens (primary N) is 1. The minimum absolute atomic E-state index is 0.0290. The van der Waals surface area contributed by atoms with Gasteiger partial charge in [0.1, 0.15) is 0 Å². The lowest BCUT2D eigenvalue weighted by molar-refractivity contribution is -0.136. The summed E-state index contributed by atoms with van der Waals surface area (Å²) in [5.41, 5.74) is 5.99. The molecule has 1 aliphatic heterocycles. The van der Waals surface area contributed by atoms with E-state index < -0.39 is 12.2 Å². The molecule has 1 saturated heterocycles. The summed E-state index contributed by atoms with van der Waals surface area (Å²) in [4.78, 5) is 13.8. The van der Waals surface area contributed by atoms with Gasteiger partial charge in [0.2, 0.25) is 5.91 Å². The first kappa shape index (κ1) is 12.8. The van der Waals surface area contributed by atoms with E-state index in [1.54, 1.807) is 4.90 Å². The second kappa shape index (κ2) is 4.92. The Labute approximate surface area is 102 Å². The lowest BCUT2D eigenvalue weighted by atomic mass is 9.79. The normalized spacial score (nSPS) is 42.8. The smallest absolute Gasteiger partial charge is 0.225 e. The van der Waals surface area contributed by atoms with Gasteiger partial charge >= 0.3 is 0 Å². The van der Waals surface area contributed by atoms with E-state index in [0.29, 0.717) is 5.92 Å². The summed E-state index contributed by atoms with van der Waals surface area (Å²) in [5.74, 6) is 0.496. The largest absolute Gasteiger partial charge is 0.388 e. The molecule has 2 aliphatic rings. The van der Waals surface area contributed by atoms with E-state index in [1.165, 1.54) is 0 Å². The number of carbonyl (C=O) groups excluding carboxylic acids is 1. The Morgan fingerprint density at radius 2 is 1.82 bits per heavy atom. The molecular formula is C12H22N2O3. The minimum Gasteiger partial charge on any atom is -0.388 e. The molecule has 1 heterocycles. The zero-order chi connectivity index (χ0) is 12.6. The van der Waals surface area contributed by atoms with Crippen LogP contribution in [0.5, 0.6) is 0 Å². The topological polar surface area (TPSA) is 86.8 Å². The van der Waals surface area contributed by atoms with Crippen LogP contribution in [0.2, 0.25) is 0 Å². The van der Waals surface area contributed by atoms with Crippen molar-refractivity contribution in [2.45, 2.75) is 44.4 Å². The van der Waals surface area contributed by atoms with E-state index in [4.69, 9.17) is 5.73 Å². The molecular weight excluding hydrogens is 220 g/mol. The van der Waals surface area contributed by atoms with Crippen molar-refractivity contribution in [2.24, 2.45) is 17.6 Å². The molecule has 0 aromatic carbocycles. The van der Waals surface area contributed by atoms with Gasteiger partial charge in [0.15, 0.2) is 0 Å². The van der Waals surface area contributed by atoms with Gasteiger partial charge in [0.25, 0.3) is 0 Å². The van der Waals surface area contributed by atoms with Gasteiger partial charge in [-0.25, -0.2) is 0 Å². The number of rotatable bonds is 1. The van der Waals surface area contributed by atoms with Crippen LogP contribution in [-0.4, -0.2) is 52.4 Å². The molecule has 0 aromatic heterocycles. The van der Waals surface area contributed by atoms with Crippen LogP contribution < -0.4 is 5.73 Å². The van der Waals surface area contributed by atoms with Crippen LogP contribution in [0, 0.1) is 11.8 Å². The van der Waals surface area contributed by atoms with Gasteiger partial charge in [0.05, 0.1) is 12.2 Å². The molecule has 5 atom stereocenters. The van der Waals surface area contributed by atoms with Gasteiger partial charge < -0.3 is 20.8 Å². The molecule has 98 valence electrons. The number of hydrogen-bond donors (Lipinski definition) is 3. The van der Waals surface area contributed by atoms with E-state index in [2.05, 4.69) is 6.92 Å². The van der Waals surface area contributed by atoms with Crippen LogP contribution in [0.1, 0.15) is 26.2 Å². The number of likely N-dealkylation sites (tertiary alicyclic amines) is 1. The zero-order valence-electron chi connectivity index (χ0n) is 10.2. The molecule has 0 bridgehead atoms. The van der Waals surface area contributed by atoms with Crippen molar-refractivity contribution in [1.29, 1.82) is 0 Å². The van der Waals surface area contributed by atoms with Crippen LogP contribution in [-0.2, 0) is 4.79 Å². The summed E-state index contributed by atoms with van der Waals surface area (Å²) in [6.07, 6.45) is 0.987. The predicted octanol–water partition coefficient (Wildman–Crippen LogP) is -0.686. The maximum absolute atomic E-state index is 12.2. The Morgan fingerprint density at radius 3 is 2.35 bits per heavy atom. The Balaban J connectivity index is 1.92. The van der Waals surface area contributed by atoms with Crippen molar-refractivity contribution < 1.29 is 15.0 Å². The molecule has 2 rings (SSSR count). The highest BCUT2D eigenvalue weighted by Crippen LogP contribution is 2.29. The molecule has 0 aromatic rings. The lowest BCUT2D eigenvalue weighted by Gasteiger charge is -2.33. The molecule has 0 radical (unpaired) electrons. The summed E-state index contributed by atoms with van der Waals surface area (Å²) < 4.78 is 0. The number of β-amino-alcohol motifs (C(OH)–C–C–N with tert-alkyl or cyclic N) is 2. The first-order valence-electron chi connectivity index (χ1n) is 6.39. The molecule has 1 amide bonds. The second-order valence-corrected chi connectivity index (χ2v) is 5.53. The van der Waals surface area contributed by atoms with Gasteiger partial charge in [-0.1, -0.05) is 6.92 Å². The third-order valence-corrected chi connectivity index (χ3v) is 4.18. The maximum Gasteiger partial charge on any atom is 0.225 e. The Hall–Kier alpha value is -0.650. The molecule has 0 spiro atoms. The van der Waals surface area contributed by atoms with Gasteiger partial charge in [-0.3, -0.25) is 4.79 Å². The number of aliphatic hydroxyl groups is 2. The van der Waals surface area contributed by atoms with E-state index >= 15 is 0 Å². The molecule has 1 saturated carbocycles. The number of aliphatic hydroxyl groups excluding tert-OH is 2. The van der Waals surface area contributed by atoms with Gasteiger partial charge in [-0.05, 0) is 25.2 Å². The average Bonchev–Trinajstić information content (AvgIpc) is 2.62. The van der Waals surface area contributed by atoms with Crippen molar-refractivity contribution >= 4 is 5.91 Å². The fourth-order valence-electron chi connectivity index (χ4n) is 2.79. The molecule has 5 unspecified atom stereocenters. The maximum atomic E-state index is 12.2. The third-order valence-electron chi connectivity index (χ3n) is 4.18. The van der Waals surface area contributed by atoms with Crippen LogP contribution >= 0.6 is 0 Å². The molecule has 4 N–H and O–H groups in total. The summed E-state index contributed by atoms with van der Waals surface area (Å²) in [6, 6.07) is 0.0927. The van der Waals surface area contributed by atoms with Crippen molar-refractivity contribution in [3.05, 3.63) is 0 Å². The van der Waals surface area contributed by atoms with Crippen molar-refractivity contribution in [1.82, 2.24) is 4.90 Å². The van der Waals surface area contributed by atoms with Crippen molar-refractivity contribution in [2.75, 3.05) is 13.1 Å².